The van der Waals surface area contributed by atoms with Crippen LogP contribution in [-0.2, 0) is 4.74 Å². The summed E-state index contributed by atoms with van der Waals surface area (Å²) in [6.45, 7) is 1.58. The lowest BCUT2D eigenvalue weighted by Gasteiger charge is -2.20. The van der Waals surface area contributed by atoms with Crippen molar-refractivity contribution in [2.24, 2.45) is 0 Å². The maximum atomic E-state index is 10.8. The van der Waals surface area contributed by atoms with Crippen LogP contribution in [0.2, 0.25) is 0 Å². The molecule has 0 saturated carbocycles. The van der Waals surface area contributed by atoms with Gasteiger partial charge in [-0.3, -0.25) is 0 Å². The number of hydrogen-bond acceptors (Lipinski definition) is 4. The van der Waals surface area contributed by atoms with Crippen LogP contribution < -0.4 is 0 Å². The summed E-state index contributed by atoms with van der Waals surface area (Å²) in [7, 11) is 0. The van der Waals surface area contributed by atoms with E-state index in [2.05, 4.69) is 4.98 Å². The molecule has 1 saturated heterocycles. The van der Waals surface area contributed by atoms with Crippen molar-refractivity contribution >= 4 is 17.7 Å². The number of carbonyl (C=O) groups is 1. The molecule has 1 aliphatic rings. The molecule has 0 bridgehead atoms. The quantitative estimate of drug-likeness (QED) is 0.874. The van der Waals surface area contributed by atoms with Crippen LogP contribution in [0.1, 0.15) is 23.3 Å². The normalized spacial score (nSPS) is 17.2. The van der Waals surface area contributed by atoms with Crippen molar-refractivity contribution in [3.8, 4) is 0 Å². The van der Waals surface area contributed by atoms with Crippen molar-refractivity contribution in [2.45, 2.75) is 23.1 Å². The third-order valence-electron chi connectivity index (χ3n) is 2.40. The molecule has 1 aromatic heterocycles. The first kappa shape index (κ1) is 11.4. The first-order valence-electron chi connectivity index (χ1n) is 5.20. The van der Waals surface area contributed by atoms with Gasteiger partial charge in [-0.15, -0.1) is 11.8 Å². The van der Waals surface area contributed by atoms with Crippen LogP contribution in [0.25, 0.3) is 0 Å². The van der Waals surface area contributed by atoms with Crippen LogP contribution in [-0.4, -0.2) is 34.5 Å². The largest absolute Gasteiger partial charge is 0.477 e. The fraction of sp³-hybridized carbons (Fsp3) is 0.455. The van der Waals surface area contributed by atoms with E-state index in [1.165, 1.54) is 6.07 Å². The van der Waals surface area contributed by atoms with Crippen molar-refractivity contribution in [2.75, 3.05) is 13.2 Å². The van der Waals surface area contributed by atoms with Gasteiger partial charge < -0.3 is 9.84 Å². The van der Waals surface area contributed by atoms with Gasteiger partial charge in [-0.1, -0.05) is 6.07 Å². The lowest BCUT2D eigenvalue weighted by Crippen LogP contribution is -2.17. The van der Waals surface area contributed by atoms with Crippen molar-refractivity contribution in [1.29, 1.82) is 0 Å². The number of aromatic nitrogens is 1. The molecule has 86 valence electrons. The highest BCUT2D eigenvalue weighted by Crippen LogP contribution is 2.28. The predicted octanol–water partition coefficient (Wildman–Crippen LogP) is 2.05. The molecule has 16 heavy (non-hydrogen) atoms. The zero-order valence-corrected chi connectivity index (χ0v) is 9.57. The molecule has 1 N–H and O–H groups in total. The minimum absolute atomic E-state index is 0.108. The summed E-state index contributed by atoms with van der Waals surface area (Å²) < 4.78 is 5.27. The highest BCUT2D eigenvalue weighted by atomic mass is 32.2. The first-order chi connectivity index (χ1) is 7.75. The van der Waals surface area contributed by atoms with Crippen molar-refractivity contribution in [3.05, 3.63) is 23.9 Å². The average Bonchev–Trinajstić information content (AvgIpc) is 2.30. The molecule has 0 unspecified atom stereocenters. The van der Waals surface area contributed by atoms with E-state index in [1.54, 1.807) is 17.8 Å². The van der Waals surface area contributed by atoms with E-state index in [4.69, 9.17) is 9.84 Å². The lowest BCUT2D eigenvalue weighted by molar-refractivity contribution is 0.0689. The highest BCUT2D eigenvalue weighted by molar-refractivity contribution is 7.99. The summed E-state index contributed by atoms with van der Waals surface area (Å²) in [6, 6.07) is 5.10. The Morgan fingerprint density at radius 3 is 2.88 bits per heavy atom. The van der Waals surface area contributed by atoms with E-state index in [0.717, 1.165) is 31.1 Å². The van der Waals surface area contributed by atoms with Crippen LogP contribution in [0.15, 0.2) is 23.2 Å². The smallest absolute Gasteiger partial charge is 0.354 e. The molecule has 2 heterocycles. The maximum Gasteiger partial charge on any atom is 0.354 e. The van der Waals surface area contributed by atoms with Gasteiger partial charge in [0.1, 0.15) is 5.69 Å². The number of carboxylic acid groups (broad SMARTS) is 1. The Morgan fingerprint density at radius 1 is 1.44 bits per heavy atom. The van der Waals surface area contributed by atoms with Gasteiger partial charge in [0.25, 0.3) is 0 Å². The molecule has 5 heteroatoms. The van der Waals surface area contributed by atoms with Crippen LogP contribution in [0.5, 0.6) is 0 Å². The van der Waals surface area contributed by atoms with E-state index in [1.807, 2.05) is 6.07 Å². The number of aromatic carboxylic acids is 1. The molecule has 0 amide bonds. The Balaban J connectivity index is 2.02. The summed E-state index contributed by atoms with van der Waals surface area (Å²) in [5.41, 5.74) is 0.108. The minimum Gasteiger partial charge on any atom is -0.477 e. The highest BCUT2D eigenvalue weighted by Gasteiger charge is 2.16. The van der Waals surface area contributed by atoms with Gasteiger partial charge in [-0.2, -0.15) is 0 Å². The fourth-order valence-corrected chi connectivity index (χ4v) is 2.64. The van der Waals surface area contributed by atoms with Gasteiger partial charge >= 0.3 is 5.97 Å². The second kappa shape index (κ2) is 5.32. The molecule has 1 fully saturated rings. The van der Waals surface area contributed by atoms with Gasteiger partial charge in [-0.05, 0) is 25.0 Å². The molecule has 4 nitrogen and oxygen atoms in total. The van der Waals surface area contributed by atoms with Crippen LogP contribution in [0.3, 0.4) is 0 Å². The monoisotopic (exact) mass is 239 g/mol. The molecule has 1 aliphatic heterocycles. The Kier molecular flexibility index (Phi) is 3.79. The Labute approximate surface area is 98.0 Å². The van der Waals surface area contributed by atoms with E-state index >= 15 is 0 Å². The summed E-state index contributed by atoms with van der Waals surface area (Å²) in [4.78, 5) is 14.8. The molecular formula is C11H13NO3S. The SMILES string of the molecule is O=C(O)c1cccc(SC2CCOCC2)n1. The van der Waals surface area contributed by atoms with E-state index in [0.29, 0.717) is 5.25 Å². The maximum absolute atomic E-state index is 10.8. The number of ether oxygens (including phenoxy) is 1. The van der Waals surface area contributed by atoms with Crippen LogP contribution >= 0.6 is 11.8 Å². The number of pyridine rings is 1. The summed E-state index contributed by atoms with van der Waals surface area (Å²) >= 11 is 1.64. The zero-order chi connectivity index (χ0) is 11.4. The summed E-state index contributed by atoms with van der Waals surface area (Å²) in [5, 5.41) is 10.1. The Bertz CT molecular complexity index is 377. The Hall–Kier alpha value is -1.07. The molecule has 0 aromatic carbocycles. The van der Waals surface area contributed by atoms with E-state index in [-0.39, 0.29) is 5.69 Å². The summed E-state index contributed by atoms with van der Waals surface area (Å²) in [5.74, 6) is -0.977. The van der Waals surface area contributed by atoms with Gasteiger partial charge in [0.15, 0.2) is 0 Å². The number of thioether (sulfide) groups is 1. The van der Waals surface area contributed by atoms with Crippen molar-refractivity contribution < 1.29 is 14.6 Å². The van der Waals surface area contributed by atoms with Gasteiger partial charge in [0.2, 0.25) is 0 Å². The molecule has 0 aliphatic carbocycles. The zero-order valence-electron chi connectivity index (χ0n) is 8.76. The topological polar surface area (TPSA) is 59.4 Å². The fourth-order valence-electron chi connectivity index (χ4n) is 1.56. The van der Waals surface area contributed by atoms with Gasteiger partial charge in [0.05, 0.1) is 5.03 Å². The molecule has 2 rings (SSSR count). The van der Waals surface area contributed by atoms with Gasteiger partial charge in [0, 0.05) is 18.5 Å². The first-order valence-corrected chi connectivity index (χ1v) is 6.08. The second-order valence-corrected chi connectivity index (χ2v) is 4.92. The average molecular weight is 239 g/mol. The third kappa shape index (κ3) is 2.96. The van der Waals surface area contributed by atoms with Gasteiger partial charge in [-0.25, -0.2) is 9.78 Å². The number of carboxylic acids is 1. The number of hydrogen-bond donors (Lipinski definition) is 1. The van der Waals surface area contributed by atoms with E-state index in [9.17, 15) is 4.79 Å². The molecule has 0 radical (unpaired) electrons. The second-order valence-electron chi connectivity index (χ2n) is 3.60. The Morgan fingerprint density at radius 2 is 2.19 bits per heavy atom. The van der Waals surface area contributed by atoms with Crippen LogP contribution in [0.4, 0.5) is 0 Å². The molecule has 0 atom stereocenters. The molecular weight excluding hydrogens is 226 g/mol. The lowest BCUT2D eigenvalue weighted by atomic mass is 10.2. The van der Waals surface area contributed by atoms with Crippen LogP contribution in [0, 0.1) is 0 Å². The predicted molar refractivity (Wildman–Crippen MR) is 60.9 cm³/mol. The minimum atomic E-state index is -0.977. The van der Waals surface area contributed by atoms with E-state index < -0.39 is 5.97 Å². The number of nitrogens with zero attached hydrogens (tertiary/aromatic N) is 1. The molecule has 1 aromatic rings. The standard InChI is InChI=1S/C11H13NO3S/c13-11(14)9-2-1-3-10(12-9)16-8-4-6-15-7-5-8/h1-3,8H,4-7H2,(H,13,14). The third-order valence-corrected chi connectivity index (χ3v) is 3.67. The van der Waals surface area contributed by atoms with Crippen molar-refractivity contribution in [3.63, 3.8) is 0 Å². The summed E-state index contributed by atoms with van der Waals surface area (Å²) in [6.07, 6.45) is 2.01. The number of rotatable bonds is 3. The van der Waals surface area contributed by atoms with Crippen molar-refractivity contribution in [1.82, 2.24) is 4.98 Å². The molecule has 0 spiro atoms.